The molecule has 0 bridgehead atoms. The summed E-state index contributed by atoms with van der Waals surface area (Å²) in [4.78, 5) is 1.43. The van der Waals surface area contributed by atoms with Crippen LogP contribution in [0.15, 0.2) is 41.8 Å². The van der Waals surface area contributed by atoms with Crippen LogP contribution < -0.4 is 5.32 Å². The average molecular weight is 271 g/mol. The molecule has 3 heterocycles. The summed E-state index contributed by atoms with van der Waals surface area (Å²) in [5, 5.41) is 5.89. The Kier molecular flexibility index (Phi) is 2.82. The zero-order chi connectivity index (χ0) is 12.7. The number of benzene rings is 1. The van der Waals surface area contributed by atoms with E-state index in [-0.39, 0.29) is 6.10 Å². The quantitative estimate of drug-likeness (QED) is 0.831. The predicted molar refractivity (Wildman–Crippen MR) is 78.5 cm³/mol. The minimum atomic E-state index is 0.262. The van der Waals surface area contributed by atoms with Gasteiger partial charge in [0.15, 0.2) is 0 Å². The van der Waals surface area contributed by atoms with E-state index in [1.807, 2.05) is 11.3 Å². The minimum absolute atomic E-state index is 0.262. The van der Waals surface area contributed by atoms with E-state index in [1.165, 1.54) is 29.0 Å². The van der Waals surface area contributed by atoms with Gasteiger partial charge in [0.05, 0.1) is 12.1 Å². The van der Waals surface area contributed by atoms with Gasteiger partial charge in [-0.3, -0.25) is 0 Å². The third-order valence-corrected chi connectivity index (χ3v) is 5.18. The monoisotopic (exact) mass is 271 g/mol. The summed E-state index contributed by atoms with van der Waals surface area (Å²) >= 11 is 1.84. The third-order valence-electron chi connectivity index (χ3n) is 4.22. The molecule has 0 amide bonds. The largest absolute Gasteiger partial charge is 0.377 e. The number of ether oxygens (including phenoxy) is 1. The van der Waals surface area contributed by atoms with Crippen LogP contribution in [0.2, 0.25) is 0 Å². The van der Waals surface area contributed by atoms with Crippen molar-refractivity contribution in [3.8, 4) is 0 Å². The first-order valence-electron chi connectivity index (χ1n) is 6.94. The summed E-state index contributed by atoms with van der Waals surface area (Å²) in [6.07, 6.45) is 2.68. The molecule has 0 aliphatic carbocycles. The maximum Gasteiger partial charge on any atom is 0.0896 e. The van der Waals surface area contributed by atoms with Gasteiger partial charge in [0.2, 0.25) is 0 Å². The second-order valence-corrected chi connectivity index (χ2v) is 6.30. The standard InChI is InChI=1S/C16H17NOS/c1-2-7-13-11(5-1)16-12(6-3-9-18-16)15(17-13)14-8-4-10-19-14/h1-2,4-5,7-8,10,12,15-17H,3,6,9H2/t12-,15+,16-/m0/s1. The van der Waals surface area contributed by atoms with Crippen LogP contribution in [0.1, 0.15) is 35.4 Å². The van der Waals surface area contributed by atoms with Gasteiger partial charge in [-0.2, -0.15) is 0 Å². The van der Waals surface area contributed by atoms with Crippen molar-refractivity contribution in [2.75, 3.05) is 11.9 Å². The number of fused-ring (bicyclic) bond motifs is 3. The van der Waals surface area contributed by atoms with Crippen LogP contribution in [0.3, 0.4) is 0 Å². The Morgan fingerprint density at radius 3 is 3.00 bits per heavy atom. The first-order chi connectivity index (χ1) is 9.43. The van der Waals surface area contributed by atoms with Gasteiger partial charge in [0, 0.05) is 28.7 Å². The number of thiophene rings is 1. The molecule has 4 rings (SSSR count). The van der Waals surface area contributed by atoms with Crippen LogP contribution in [-0.2, 0) is 4.74 Å². The molecular weight excluding hydrogens is 254 g/mol. The van der Waals surface area contributed by atoms with Gasteiger partial charge in [0.25, 0.3) is 0 Å². The van der Waals surface area contributed by atoms with Crippen molar-refractivity contribution < 1.29 is 4.74 Å². The summed E-state index contributed by atoms with van der Waals surface area (Å²) in [5.74, 6) is 0.558. The highest BCUT2D eigenvalue weighted by atomic mass is 32.1. The van der Waals surface area contributed by atoms with Gasteiger partial charge in [-0.1, -0.05) is 24.3 Å². The number of hydrogen-bond donors (Lipinski definition) is 1. The maximum atomic E-state index is 6.10. The molecule has 1 aromatic carbocycles. The summed E-state index contributed by atoms with van der Waals surface area (Å²) in [6, 6.07) is 13.4. The molecule has 1 fully saturated rings. The lowest BCUT2D eigenvalue weighted by Crippen LogP contribution is -2.35. The normalized spacial score (nSPS) is 29.2. The van der Waals surface area contributed by atoms with Crippen LogP contribution in [0, 0.1) is 5.92 Å². The fourth-order valence-electron chi connectivity index (χ4n) is 3.37. The highest BCUT2D eigenvalue weighted by Crippen LogP contribution is 2.49. The van der Waals surface area contributed by atoms with E-state index < -0.39 is 0 Å². The summed E-state index contributed by atoms with van der Waals surface area (Å²) in [5.41, 5.74) is 2.57. The zero-order valence-electron chi connectivity index (χ0n) is 10.7. The second kappa shape index (κ2) is 4.66. The van der Waals surface area contributed by atoms with E-state index >= 15 is 0 Å². The van der Waals surface area contributed by atoms with Gasteiger partial charge in [-0.25, -0.2) is 0 Å². The highest BCUT2D eigenvalue weighted by Gasteiger charge is 2.39. The topological polar surface area (TPSA) is 21.3 Å². The van der Waals surface area contributed by atoms with Gasteiger partial charge in [-0.05, 0) is 30.4 Å². The summed E-state index contributed by atoms with van der Waals surface area (Å²) in [7, 11) is 0. The van der Waals surface area contributed by atoms with Crippen molar-refractivity contribution in [2.24, 2.45) is 5.92 Å². The lowest BCUT2D eigenvalue weighted by atomic mass is 9.79. The molecule has 2 aliphatic rings. The summed E-state index contributed by atoms with van der Waals surface area (Å²) < 4.78 is 6.10. The summed E-state index contributed by atoms with van der Waals surface area (Å²) in [6.45, 7) is 0.895. The molecule has 2 aliphatic heterocycles. The van der Waals surface area contributed by atoms with Crippen LogP contribution in [0.5, 0.6) is 0 Å². The van der Waals surface area contributed by atoms with Gasteiger partial charge >= 0.3 is 0 Å². The lowest BCUT2D eigenvalue weighted by Gasteiger charge is -2.42. The Labute approximate surface area is 117 Å². The second-order valence-electron chi connectivity index (χ2n) is 5.32. The average Bonchev–Trinajstić information content (AvgIpc) is 3.00. The molecule has 2 aromatic rings. The number of nitrogens with one attached hydrogen (secondary N) is 1. The number of para-hydroxylation sites is 1. The fourth-order valence-corrected chi connectivity index (χ4v) is 4.22. The molecule has 0 unspecified atom stereocenters. The minimum Gasteiger partial charge on any atom is -0.377 e. The Morgan fingerprint density at radius 2 is 2.11 bits per heavy atom. The van der Waals surface area contributed by atoms with Crippen molar-refractivity contribution in [3.63, 3.8) is 0 Å². The maximum absolute atomic E-state index is 6.10. The highest BCUT2D eigenvalue weighted by molar-refractivity contribution is 7.10. The Morgan fingerprint density at radius 1 is 1.16 bits per heavy atom. The van der Waals surface area contributed by atoms with E-state index in [0.717, 1.165) is 6.61 Å². The molecule has 3 atom stereocenters. The van der Waals surface area contributed by atoms with Crippen molar-refractivity contribution in [1.29, 1.82) is 0 Å². The van der Waals surface area contributed by atoms with E-state index in [9.17, 15) is 0 Å². The van der Waals surface area contributed by atoms with E-state index in [2.05, 4.69) is 47.1 Å². The molecule has 1 N–H and O–H groups in total. The molecule has 0 saturated carbocycles. The molecule has 19 heavy (non-hydrogen) atoms. The van der Waals surface area contributed by atoms with Gasteiger partial charge in [0.1, 0.15) is 0 Å². The first kappa shape index (κ1) is 11.5. The van der Waals surface area contributed by atoms with Crippen molar-refractivity contribution in [1.82, 2.24) is 0 Å². The number of anilines is 1. The van der Waals surface area contributed by atoms with E-state index in [1.54, 1.807) is 0 Å². The zero-order valence-corrected chi connectivity index (χ0v) is 11.5. The van der Waals surface area contributed by atoms with Crippen molar-refractivity contribution in [3.05, 3.63) is 52.2 Å². The van der Waals surface area contributed by atoms with Crippen molar-refractivity contribution >= 4 is 17.0 Å². The molecule has 2 nitrogen and oxygen atoms in total. The fraction of sp³-hybridized carbons (Fsp3) is 0.375. The number of rotatable bonds is 1. The molecule has 1 aromatic heterocycles. The van der Waals surface area contributed by atoms with Crippen LogP contribution in [0.4, 0.5) is 5.69 Å². The SMILES string of the molecule is c1csc([C@@H]2Nc3ccccc3[C@@H]3OCCC[C@@H]23)c1. The molecule has 0 spiro atoms. The molecular formula is C16H17NOS. The predicted octanol–water partition coefficient (Wildman–Crippen LogP) is 4.38. The third kappa shape index (κ3) is 1.88. The molecule has 1 saturated heterocycles. The van der Waals surface area contributed by atoms with Crippen LogP contribution in [0.25, 0.3) is 0 Å². The van der Waals surface area contributed by atoms with Crippen LogP contribution in [-0.4, -0.2) is 6.61 Å². The molecule has 0 radical (unpaired) electrons. The van der Waals surface area contributed by atoms with Crippen molar-refractivity contribution in [2.45, 2.75) is 25.0 Å². The first-order valence-corrected chi connectivity index (χ1v) is 7.82. The Balaban J connectivity index is 1.79. The Hall–Kier alpha value is -1.32. The van der Waals surface area contributed by atoms with E-state index in [4.69, 9.17) is 4.74 Å². The Bertz CT molecular complexity index is 566. The number of hydrogen-bond acceptors (Lipinski definition) is 3. The van der Waals surface area contributed by atoms with Gasteiger partial charge in [-0.15, -0.1) is 11.3 Å². The lowest BCUT2D eigenvalue weighted by molar-refractivity contribution is -0.0377. The van der Waals surface area contributed by atoms with Crippen LogP contribution >= 0.6 is 11.3 Å². The van der Waals surface area contributed by atoms with Gasteiger partial charge < -0.3 is 10.1 Å². The molecule has 98 valence electrons. The van der Waals surface area contributed by atoms with E-state index in [0.29, 0.717) is 12.0 Å². The smallest absolute Gasteiger partial charge is 0.0896 e. The molecule has 3 heteroatoms.